The van der Waals surface area contributed by atoms with Crippen molar-refractivity contribution in [2.24, 2.45) is 5.41 Å². The molecule has 2 aromatic rings. The van der Waals surface area contributed by atoms with Crippen LogP contribution in [0.15, 0.2) is 42.5 Å². The largest absolute Gasteiger partial charge is 0.573 e. The van der Waals surface area contributed by atoms with E-state index in [9.17, 15) is 22.8 Å². The molecule has 0 radical (unpaired) electrons. The number of ether oxygens (including phenoxy) is 2. The number of nitrogens with one attached hydrogen (secondary N) is 2. The number of carbonyl (C=O) groups excluding carboxylic acids is 2. The van der Waals surface area contributed by atoms with E-state index in [4.69, 9.17) is 4.74 Å². The predicted molar refractivity (Wildman–Crippen MR) is 114 cm³/mol. The number of nitrogens with zero attached hydrogens (tertiary/aromatic N) is 1. The summed E-state index contributed by atoms with van der Waals surface area (Å²) in [6.07, 6.45) is -4.78. The van der Waals surface area contributed by atoms with Gasteiger partial charge < -0.3 is 25.0 Å². The lowest BCUT2D eigenvalue weighted by molar-refractivity contribution is -0.274. The molecule has 1 aliphatic rings. The molecule has 0 atom stereocenters. The Morgan fingerprint density at radius 1 is 1.06 bits per heavy atom. The number of hydrogen-bond donors (Lipinski definition) is 2. The number of hydrogen-bond acceptors (Lipinski definition) is 5. The highest BCUT2D eigenvalue weighted by Gasteiger charge is 2.32. The predicted octanol–water partition coefficient (Wildman–Crippen LogP) is 4.41. The first-order valence-electron chi connectivity index (χ1n) is 9.91. The Kier molecular flexibility index (Phi) is 6.52. The lowest BCUT2D eigenvalue weighted by Crippen LogP contribution is -2.44. The first kappa shape index (κ1) is 23.2. The van der Waals surface area contributed by atoms with Crippen LogP contribution in [0.1, 0.15) is 20.8 Å². The number of fused-ring (bicyclic) bond motifs is 1. The van der Waals surface area contributed by atoms with Gasteiger partial charge in [-0.3, -0.25) is 9.59 Å². The maximum atomic E-state index is 12.8. The summed E-state index contributed by atoms with van der Waals surface area (Å²) in [5.74, 6) is -0.217. The molecule has 0 unspecified atom stereocenters. The summed E-state index contributed by atoms with van der Waals surface area (Å²) in [5.41, 5.74) is 1.01. The second-order valence-corrected chi connectivity index (χ2v) is 8.21. The number of anilines is 3. The number of rotatable bonds is 5. The number of amides is 2. The molecule has 172 valence electrons. The van der Waals surface area contributed by atoms with Crippen molar-refractivity contribution < 1.29 is 32.2 Å². The highest BCUT2D eigenvalue weighted by atomic mass is 19.4. The molecule has 0 aromatic heterocycles. The van der Waals surface area contributed by atoms with Crippen molar-refractivity contribution in [3.63, 3.8) is 0 Å². The average Bonchev–Trinajstić information content (AvgIpc) is 2.71. The zero-order valence-corrected chi connectivity index (χ0v) is 17.9. The van der Waals surface area contributed by atoms with E-state index in [2.05, 4.69) is 15.4 Å². The molecule has 0 saturated carbocycles. The molecule has 2 aromatic carbocycles. The van der Waals surface area contributed by atoms with Gasteiger partial charge >= 0.3 is 6.36 Å². The van der Waals surface area contributed by atoms with Crippen LogP contribution in [0.25, 0.3) is 0 Å². The van der Waals surface area contributed by atoms with Gasteiger partial charge in [0.1, 0.15) is 18.1 Å². The lowest BCUT2D eigenvalue weighted by Gasteiger charge is -2.34. The molecule has 0 fully saturated rings. The minimum atomic E-state index is -4.78. The minimum absolute atomic E-state index is 0.0325. The Balaban J connectivity index is 1.61. The highest BCUT2D eigenvalue weighted by molar-refractivity contribution is 5.99. The van der Waals surface area contributed by atoms with Gasteiger partial charge in [0, 0.05) is 16.8 Å². The first-order valence-corrected chi connectivity index (χ1v) is 9.91. The quantitative estimate of drug-likeness (QED) is 0.704. The van der Waals surface area contributed by atoms with Gasteiger partial charge in [-0.1, -0.05) is 20.8 Å². The van der Waals surface area contributed by atoms with Gasteiger partial charge in [0.25, 0.3) is 0 Å². The molecule has 3 rings (SSSR count). The van der Waals surface area contributed by atoms with Gasteiger partial charge in [0.15, 0.2) is 0 Å². The topological polar surface area (TPSA) is 79.9 Å². The summed E-state index contributed by atoms with van der Waals surface area (Å²) in [6, 6.07) is 10.1. The third-order valence-corrected chi connectivity index (χ3v) is 4.53. The van der Waals surface area contributed by atoms with Crippen molar-refractivity contribution >= 4 is 28.9 Å². The van der Waals surface area contributed by atoms with Gasteiger partial charge in [-0.05, 0) is 42.5 Å². The molecule has 2 N–H and O–H groups in total. The number of benzene rings is 2. The van der Waals surface area contributed by atoms with Crippen molar-refractivity contribution in [2.75, 3.05) is 35.2 Å². The van der Waals surface area contributed by atoms with E-state index in [1.165, 1.54) is 12.1 Å². The van der Waals surface area contributed by atoms with Crippen LogP contribution in [0.3, 0.4) is 0 Å². The van der Waals surface area contributed by atoms with E-state index >= 15 is 0 Å². The molecule has 0 bridgehead atoms. The fourth-order valence-corrected chi connectivity index (χ4v) is 3.07. The maximum Gasteiger partial charge on any atom is 0.573 e. The zero-order chi connectivity index (χ0) is 23.5. The monoisotopic (exact) mass is 451 g/mol. The second kappa shape index (κ2) is 8.97. The Hall–Kier alpha value is -3.43. The van der Waals surface area contributed by atoms with Gasteiger partial charge in [-0.25, -0.2) is 0 Å². The summed E-state index contributed by atoms with van der Waals surface area (Å²) in [4.78, 5) is 26.7. The van der Waals surface area contributed by atoms with E-state index in [0.717, 1.165) is 12.1 Å². The van der Waals surface area contributed by atoms with Crippen molar-refractivity contribution in [3.8, 4) is 11.5 Å². The third-order valence-electron chi connectivity index (χ3n) is 4.53. The van der Waals surface area contributed by atoms with E-state index in [0.29, 0.717) is 36.0 Å². The van der Waals surface area contributed by atoms with Crippen LogP contribution in [0.4, 0.5) is 30.2 Å². The van der Waals surface area contributed by atoms with Crippen LogP contribution >= 0.6 is 0 Å². The molecule has 1 aliphatic heterocycles. The van der Waals surface area contributed by atoms with Crippen LogP contribution in [-0.4, -0.2) is 37.9 Å². The Bertz CT molecular complexity index is 985. The van der Waals surface area contributed by atoms with Crippen LogP contribution in [0.5, 0.6) is 11.5 Å². The highest BCUT2D eigenvalue weighted by Crippen LogP contribution is 2.36. The average molecular weight is 451 g/mol. The lowest BCUT2D eigenvalue weighted by atomic mass is 9.94. The summed E-state index contributed by atoms with van der Waals surface area (Å²) < 4.78 is 46.1. The fourth-order valence-electron chi connectivity index (χ4n) is 3.07. The number of carbonyl (C=O) groups is 2. The first-order chi connectivity index (χ1) is 14.9. The molecular weight excluding hydrogens is 427 g/mol. The Morgan fingerprint density at radius 3 is 2.34 bits per heavy atom. The fraction of sp³-hybridized carbons (Fsp3) is 0.364. The third kappa shape index (κ3) is 6.05. The van der Waals surface area contributed by atoms with Crippen molar-refractivity contribution in [3.05, 3.63) is 42.5 Å². The number of halogens is 3. The van der Waals surface area contributed by atoms with Gasteiger partial charge in [0.2, 0.25) is 11.8 Å². The normalized spacial score (nSPS) is 13.6. The van der Waals surface area contributed by atoms with Gasteiger partial charge in [-0.2, -0.15) is 0 Å². The van der Waals surface area contributed by atoms with E-state index < -0.39 is 17.7 Å². The van der Waals surface area contributed by atoms with Crippen LogP contribution in [-0.2, 0) is 9.59 Å². The standard InChI is InChI=1S/C22H24F3N3O4/c1-21(2,3)20(30)28-10-11-31-18-9-6-15(12-17(18)28)26-13-19(29)27-14-4-7-16(8-5-14)32-22(23,24)25/h4-9,12,26H,10-11,13H2,1-3H3,(H,27,29). The molecule has 1 heterocycles. The smallest absolute Gasteiger partial charge is 0.490 e. The second-order valence-electron chi connectivity index (χ2n) is 8.21. The summed E-state index contributed by atoms with van der Waals surface area (Å²) in [5, 5.41) is 5.56. The zero-order valence-electron chi connectivity index (χ0n) is 17.9. The molecule has 0 aliphatic carbocycles. The molecule has 0 spiro atoms. The molecular formula is C22H24F3N3O4. The molecule has 7 nitrogen and oxygen atoms in total. The van der Waals surface area contributed by atoms with E-state index in [1.807, 2.05) is 20.8 Å². The van der Waals surface area contributed by atoms with Gasteiger partial charge in [0.05, 0.1) is 18.8 Å². The van der Waals surface area contributed by atoms with Crippen molar-refractivity contribution in [1.29, 1.82) is 0 Å². The van der Waals surface area contributed by atoms with E-state index in [1.54, 1.807) is 23.1 Å². The number of alkyl halides is 3. The van der Waals surface area contributed by atoms with Crippen LogP contribution < -0.4 is 25.0 Å². The molecule has 32 heavy (non-hydrogen) atoms. The van der Waals surface area contributed by atoms with E-state index in [-0.39, 0.29) is 18.2 Å². The molecule has 2 amide bonds. The Morgan fingerprint density at radius 2 is 1.72 bits per heavy atom. The molecule has 0 saturated heterocycles. The van der Waals surface area contributed by atoms with Crippen molar-refractivity contribution in [2.45, 2.75) is 27.1 Å². The van der Waals surface area contributed by atoms with Crippen molar-refractivity contribution in [1.82, 2.24) is 0 Å². The summed E-state index contributed by atoms with van der Waals surface area (Å²) in [6.45, 7) is 6.28. The summed E-state index contributed by atoms with van der Waals surface area (Å²) in [7, 11) is 0. The molecule has 10 heteroatoms. The van der Waals surface area contributed by atoms with Gasteiger partial charge in [-0.15, -0.1) is 13.2 Å². The Labute approximate surface area is 183 Å². The van der Waals surface area contributed by atoms with Crippen LogP contribution in [0, 0.1) is 5.41 Å². The maximum absolute atomic E-state index is 12.8. The summed E-state index contributed by atoms with van der Waals surface area (Å²) >= 11 is 0. The SMILES string of the molecule is CC(C)(C)C(=O)N1CCOc2ccc(NCC(=O)Nc3ccc(OC(F)(F)F)cc3)cc21. The minimum Gasteiger partial charge on any atom is -0.490 e. The van der Waals surface area contributed by atoms with Crippen LogP contribution in [0.2, 0.25) is 0 Å².